The first-order chi connectivity index (χ1) is 4.61. The van der Waals surface area contributed by atoms with Gasteiger partial charge in [-0.25, -0.2) is 0 Å². The fraction of sp³-hybridized carbons (Fsp3) is 0. The number of rotatable bonds is 0. The molecular weight excluding hydrogens is 188 g/mol. The van der Waals surface area contributed by atoms with Crippen LogP contribution >= 0.6 is 36.9 Å². The van der Waals surface area contributed by atoms with Crippen molar-refractivity contribution in [3.63, 3.8) is 0 Å². The van der Waals surface area contributed by atoms with E-state index in [9.17, 15) is 0 Å². The molecule has 0 radical (unpaired) electrons. The molecule has 0 aliphatic carbocycles. The van der Waals surface area contributed by atoms with Gasteiger partial charge < -0.3 is 5.11 Å². The third-order valence-corrected chi connectivity index (χ3v) is 2.40. The Hall–Kier alpha value is 0.01000. The molecule has 0 saturated carbocycles. The van der Waals surface area contributed by atoms with E-state index in [1.165, 1.54) is 12.1 Å². The molecule has 0 aromatic heterocycles. The molecule has 10 heavy (non-hydrogen) atoms. The summed E-state index contributed by atoms with van der Waals surface area (Å²) in [5.41, 5.74) is 0. The number of aromatic hydroxyl groups is 1. The second-order valence-electron chi connectivity index (χ2n) is 1.80. The van der Waals surface area contributed by atoms with Crippen LogP contribution in [-0.4, -0.2) is 5.11 Å². The van der Waals surface area contributed by atoms with Crippen molar-refractivity contribution in [1.82, 2.24) is 0 Å². The van der Waals surface area contributed by atoms with Gasteiger partial charge in [0, 0.05) is 9.79 Å². The van der Waals surface area contributed by atoms with Crippen molar-refractivity contribution in [2.24, 2.45) is 0 Å². The van der Waals surface area contributed by atoms with Crippen molar-refractivity contribution < 1.29 is 5.11 Å². The highest BCUT2D eigenvalue weighted by molar-refractivity contribution is 7.81. The first kappa shape index (κ1) is 8.11. The maximum Gasteiger partial charge on any atom is 0.117 e. The van der Waals surface area contributed by atoms with Crippen LogP contribution in [-0.2, 0) is 0 Å². The van der Waals surface area contributed by atoms with E-state index in [2.05, 4.69) is 25.3 Å². The van der Waals surface area contributed by atoms with Gasteiger partial charge in [-0.2, -0.15) is 0 Å². The third kappa shape index (κ3) is 1.54. The average Bonchev–Trinajstić information content (AvgIpc) is 1.82. The molecule has 0 atom stereocenters. The van der Waals surface area contributed by atoms with Crippen molar-refractivity contribution in [2.45, 2.75) is 9.79 Å². The zero-order valence-electron chi connectivity index (χ0n) is 4.87. The van der Waals surface area contributed by atoms with E-state index in [1.807, 2.05) is 0 Å². The molecule has 0 aliphatic rings. The maximum atomic E-state index is 8.96. The van der Waals surface area contributed by atoms with Gasteiger partial charge in [0.2, 0.25) is 0 Å². The highest BCUT2D eigenvalue weighted by Crippen LogP contribution is 2.30. The summed E-state index contributed by atoms with van der Waals surface area (Å²) < 4.78 is 0. The van der Waals surface area contributed by atoms with E-state index < -0.39 is 0 Å². The van der Waals surface area contributed by atoms with Crippen LogP contribution in [0.25, 0.3) is 0 Å². The SMILES string of the molecule is Oc1cc(S)c(Cl)c(S)c1. The van der Waals surface area contributed by atoms with Crippen molar-refractivity contribution in [3.8, 4) is 5.75 Å². The Kier molecular flexibility index (Phi) is 2.39. The lowest BCUT2D eigenvalue weighted by Gasteiger charge is -2.00. The zero-order chi connectivity index (χ0) is 7.72. The quantitative estimate of drug-likeness (QED) is 0.540. The van der Waals surface area contributed by atoms with Gasteiger partial charge in [0.1, 0.15) is 5.75 Å². The summed E-state index contributed by atoms with van der Waals surface area (Å²) in [6.07, 6.45) is 0. The number of phenolic OH excluding ortho intramolecular Hbond substituents is 1. The van der Waals surface area contributed by atoms with Crippen LogP contribution in [0.3, 0.4) is 0 Å². The molecule has 4 heteroatoms. The predicted molar refractivity (Wildman–Crippen MR) is 47.6 cm³/mol. The minimum absolute atomic E-state index is 0.124. The van der Waals surface area contributed by atoms with Gasteiger partial charge in [-0.3, -0.25) is 0 Å². The van der Waals surface area contributed by atoms with Crippen LogP contribution in [0.15, 0.2) is 21.9 Å². The average molecular weight is 193 g/mol. The van der Waals surface area contributed by atoms with Gasteiger partial charge in [0.05, 0.1) is 5.02 Å². The normalized spacial score (nSPS) is 9.90. The van der Waals surface area contributed by atoms with Gasteiger partial charge in [0.15, 0.2) is 0 Å². The Labute approximate surface area is 74.8 Å². The summed E-state index contributed by atoms with van der Waals surface area (Å²) in [4.78, 5) is 1.07. The second-order valence-corrected chi connectivity index (χ2v) is 3.14. The standard InChI is InChI=1S/C6H5ClOS2/c7-6-4(9)1-3(8)2-5(6)10/h1-2,8-10H. The molecule has 0 unspecified atom stereocenters. The van der Waals surface area contributed by atoms with E-state index in [0.29, 0.717) is 14.8 Å². The van der Waals surface area contributed by atoms with Gasteiger partial charge in [-0.05, 0) is 12.1 Å². The third-order valence-electron chi connectivity index (χ3n) is 1.02. The number of hydrogen-bond donors (Lipinski definition) is 3. The number of thiol groups is 2. The molecule has 0 spiro atoms. The molecule has 0 fully saturated rings. The summed E-state index contributed by atoms with van der Waals surface area (Å²) in [5, 5.41) is 9.42. The lowest BCUT2D eigenvalue weighted by atomic mass is 10.3. The molecule has 1 aromatic rings. The van der Waals surface area contributed by atoms with Crippen LogP contribution in [0.4, 0.5) is 0 Å². The van der Waals surface area contributed by atoms with E-state index >= 15 is 0 Å². The van der Waals surface area contributed by atoms with Crippen molar-refractivity contribution in [2.75, 3.05) is 0 Å². The maximum absolute atomic E-state index is 8.96. The van der Waals surface area contributed by atoms with E-state index in [-0.39, 0.29) is 5.75 Å². The van der Waals surface area contributed by atoms with E-state index in [4.69, 9.17) is 16.7 Å². The number of halogens is 1. The Morgan fingerprint density at radius 3 is 2.00 bits per heavy atom. The van der Waals surface area contributed by atoms with Gasteiger partial charge in [0.25, 0.3) is 0 Å². The smallest absolute Gasteiger partial charge is 0.117 e. The van der Waals surface area contributed by atoms with Crippen molar-refractivity contribution in [3.05, 3.63) is 17.2 Å². The van der Waals surface area contributed by atoms with Crippen LogP contribution in [0, 0.1) is 0 Å². The largest absolute Gasteiger partial charge is 0.508 e. The monoisotopic (exact) mass is 192 g/mol. The summed E-state index contributed by atoms with van der Waals surface area (Å²) in [6.45, 7) is 0. The molecule has 0 bridgehead atoms. The van der Waals surface area contributed by atoms with Gasteiger partial charge in [-0.1, -0.05) is 11.6 Å². The lowest BCUT2D eigenvalue weighted by Crippen LogP contribution is -1.73. The second kappa shape index (κ2) is 2.95. The predicted octanol–water partition coefficient (Wildman–Crippen LogP) is 2.62. The zero-order valence-corrected chi connectivity index (χ0v) is 7.42. The van der Waals surface area contributed by atoms with Crippen LogP contribution in [0.1, 0.15) is 0 Å². The fourth-order valence-electron chi connectivity index (χ4n) is 0.580. The Morgan fingerprint density at radius 1 is 1.20 bits per heavy atom. The highest BCUT2D eigenvalue weighted by atomic mass is 35.5. The fourth-order valence-corrected chi connectivity index (χ4v) is 1.28. The van der Waals surface area contributed by atoms with E-state index in [0.717, 1.165) is 0 Å². The molecule has 1 rings (SSSR count). The summed E-state index contributed by atoms with van der Waals surface area (Å²) in [6, 6.07) is 2.93. The minimum Gasteiger partial charge on any atom is -0.508 e. The topological polar surface area (TPSA) is 20.2 Å². The van der Waals surface area contributed by atoms with Crippen LogP contribution in [0.5, 0.6) is 5.75 Å². The molecule has 1 N–H and O–H groups in total. The van der Waals surface area contributed by atoms with Crippen molar-refractivity contribution in [1.29, 1.82) is 0 Å². The summed E-state index contributed by atoms with van der Waals surface area (Å²) in [7, 11) is 0. The molecule has 54 valence electrons. The Morgan fingerprint density at radius 2 is 1.60 bits per heavy atom. The van der Waals surface area contributed by atoms with Gasteiger partial charge in [-0.15, -0.1) is 25.3 Å². The minimum atomic E-state index is 0.124. The van der Waals surface area contributed by atoms with Crippen molar-refractivity contribution >= 4 is 36.9 Å². The molecule has 0 amide bonds. The molecule has 0 saturated heterocycles. The Bertz CT molecular complexity index is 239. The number of phenols is 1. The van der Waals surface area contributed by atoms with Gasteiger partial charge >= 0.3 is 0 Å². The Balaban J connectivity index is 3.31. The molecule has 1 aromatic carbocycles. The summed E-state index contributed by atoms with van der Waals surface area (Å²) >= 11 is 13.7. The van der Waals surface area contributed by atoms with Crippen LogP contribution in [0.2, 0.25) is 5.02 Å². The van der Waals surface area contributed by atoms with Crippen LogP contribution < -0.4 is 0 Å². The van der Waals surface area contributed by atoms with E-state index in [1.54, 1.807) is 0 Å². The number of hydrogen-bond acceptors (Lipinski definition) is 3. The lowest BCUT2D eigenvalue weighted by molar-refractivity contribution is 0.472. The summed E-state index contributed by atoms with van der Waals surface area (Å²) in [5.74, 6) is 0.124. The first-order valence-electron chi connectivity index (χ1n) is 2.51. The molecule has 0 aliphatic heterocycles. The molecule has 1 nitrogen and oxygen atoms in total. The first-order valence-corrected chi connectivity index (χ1v) is 3.79. The number of benzene rings is 1. The highest BCUT2D eigenvalue weighted by Gasteiger charge is 2.01. The molecule has 0 heterocycles. The molecular formula is C6H5ClOS2.